The Labute approximate surface area is 95.3 Å². The van der Waals surface area contributed by atoms with Gasteiger partial charge in [0.1, 0.15) is 5.60 Å². The Morgan fingerprint density at radius 2 is 1.88 bits per heavy atom. The average Bonchev–Trinajstić information content (AvgIpc) is 2.14. The summed E-state index contributed by atoms with van der Waals surface area (Å²) in [6.07, 6.45) is -0.671. The smallest absolute Gasteiger partial charge is 0.441 e. The second-order valence-corrected chi connectivity index (χ2v) is 4.47. The summed E-state index contributed by atoms with van der Waals surface area (Å²) in [5.41, 5.74) is 1.10. The van der Waals surface area contributed by atoms with Gasteiger partial charge in [-0.3, -0.25) is 0 Å². The molecule has 1 amide bonds. The molecule has 0 atom stereocenters. The van der Waals surface area contributed by atoms with E-state index in [0.29, 0.717) is 5.69 Å². The van der Waals surface area contributed by atoms with E-state index >= 15 is 0 Å². The number of amides is 1. The molecule has 1 aromatic carbocycles. The number of carbonyl (C=O) groups excluding carboxylic acids is 1. The molecule has 0 bridgehead atoms. The van der Waals surface area contributed by atoms with Crippen LogP contribution in [0.15, 0.2) is 34.5 Å². The zero-order valence-corrected chi connectivity index (χ0v) is 10.0. The van der Waals surface area contributed by atoms with Crippen LogP contribution in [0.5, 0.6) is 0 Å². The maximum atomic E-state index is 11.3. The van der Waals surface area contributed by atoms with E-state index < -0.39 is 11.7 Å². The van der Waals surface area contributed by atoms with Gasteiger partial charge in [0.25, 0.3) is 0 Å². The van der Waals surface area contributed by atoms with Gasteiger partial charge < -0.3 is 4.74 Å². The molecular formula is C12H16N2O2. The summed E-state index contributed by atoms with van der Waals surface area (Å²) >= 11 is 0. The van der Waals surface area contributed by atoms with Gasteiger partial charge in [0.2, 0.25) is 0 Å². The Kier molecular flexibility index (Phi) is 3.77. The van der Waals surface area contributed by atoms with Gasteiger partial charge in [-0.1, -0.05) is 23.3 Å². The molecule has 86 valence electrons. The second-order valence-electron chi connectivity index (χ2n) is 4.47. The van der Waals surface area contributed by atoms with E-state index in [4.69, 9.17) is 4.74 Å². The second kappa shape index (κ2) is 4.88. The van der Waals surface area contributed by atoms with Gasteiger partial charge in [0, 0.05) is 0 Å². The molecule has 0 aliphatic heterocycles. The molecule has 0 unspecified atom stereocenters. The van der Waals surface area contributed by atoms with Crippen LogP contribution in [0.3, 0.4) is 0 Å². The van der Waals surface area contributed by atoms with Crippen LogP contribution in [-0.2, 0) is 4.74 Å². The van der Waals surface area contributed by atoms with Gasteiger partial charge >= 0.3 is 6.09 Å². The molecule has 0 heterocycles. The summed E-state index contributed by atoms with van der Waals surface area (Å²) in [6, 6.07) is 7.45. The zero-order chi connectivity index (χ0) is 12.2. The number of nitrogens with zero attached hydrogens (tertiary/aromatic N) is 2. The number of azo groups is 1. The van der Waals surface area contributed by atoms with Gasteiger partial charge in [-0.25, -0.2) is 4.79 Å². The molecule has 0 saturated heterocycles. The fourth-order valence-electron chi connectivity index (χ4n) is 1.05. The summed E-state index contributed by atoms with van der Waals surface area (Å²) in [6.45, 7) is 7.26. The number of hydrogen-bond donors (Lipinski definition) is 0. The largest absolute Gasteiger partial charge is 0.452 e. The molecule has 0 aromatic heterocycles. The number of ether oxygens (including phenoxy) is 1. The summed E-state index contributed by atoms with van der Waals surface area (Å²) in [5.74, 6) is 0. The lowest BCUT2D eigenvalue weighted by molar-refractivity contribution is 0.0592. The zero-order valence-electron chi connectivity index (χ0n) is 10.0. The minimum atomic E-state index is -0.671. The van der Waals surface area contributed by atoms with E-state index in [1.165, 1.54) is 0 Å². The molecule has 0 fully saturated rings. The van der Waals surface area contributed by atoms with Gasteiger partial charge in [0.15, 0.2) is 0 Å². The van der Waals surface area contributed by atoms with Gasteiger partial charge in [-0.05, 0) is 39.3 Å². The summed E-state index contributed by atoms with van der Waals surface area (Å²) < 4.78 is 5.00. The van der Waals surface area contributed by atoms with Crippen molar-refractivity contribution in [2.45, 2.75) is 33.3 Å². The number of aryl methyl sites for hydroxylation is 1. The van der Waals surface area contributed by atoms with Gasteiger partial charge in [-0.15, -0.1) is 5.11 Å². The van der Waals surface area contributed by atoms with Crippen molar-refractivity contribution in [3.8, 4) is 0 Å². The fourth-order valence-corrected chi connectivity index (χ4v) is 1.05. The maximum absolute atomic E-state index is 11.3. The van der Waals surface area contributed by atoms with Crippen molar-refractivity contribution in [3.63, 3.8) is 0 Å². The van der Waals surface area contributed by atoms with Crippen molar-refractivity contribution >= 4 is 11.8 Å². The highest BCUT2D eigenvalue weighted by Gasteiger charge is 2.15. The number of carbonyl (C=O) groups is 1. The average molecular weight is 220 g/mol. The summed E-state index contributed by atoms with van der Waals surface area (Å²) in [5, 5.41) is 7.34. The molecule has 0 N–H and O–H groups in total. The highest BCUT2D eigenvalue weighted by atomic mass is 16.6. The van der Waals surface area contributed by atoms with Crippen molar-refractivity contribution in [1.29, 1.82) is 0 Å². The Hall–Kier alpha value is -1.71. The summed E-state index contributed by atoms with van der Waals surface area (Å²) in [4.78, 5) is 11.3. The predicted octanol–water partition coefficient (Wildman–Crippen LogP) is 4.01. The van der Waals surface area contributed by atoms with Crippen molar-refractivity contribution < 1.29 is 9.53 Å². The lowest BCUT2D eigenvalue weighted by Crippen LogP contribution is -2.21. The van der Waals surface area contributed by atoms with Gasteiger partial charge in [-0.2, -0.15) is 0 Å². The third-order valence-electron chi connectivity index (χ3n) is 1.75. The first-order chi connectivity index (χ1) is 7.38. The fraction of sp³-hybridized carbons (Fsp3) is 0.417. The van der Waals surface area contributed by atoms with Crippen molar-refractivity contribution in [3.05, 3.63) is 29.8 Å². The SMILES string of the molecule is Cc1ccccc1N=NC(=O)OC(C)(C)C. The lowest BCUT2D eigenvalue weighted by atomic mass is 10.2. The van der Waals surface area contributed by atoms with E-state index in [0.717, 1.165) is 5.56 Å². The quantitative estimate of drug-likeness (QED) is 0.671. The molecule has 1 aromatic rings. The van der Waals surface area contributed by atoms with E-state index in [1.54, 1.807) is 26.8 Å². The first-order valence-electron chi connectivity index (χ1n) is 5.09. The van der Waals surface area contributed by atoms with Crippen LogP contribution >= 0.6 is 0 Å². The van der Waals surface area contributed by atoms with Crippen molar-refractivity contribution in [1.82, 2.24) is 0 Å². The molecule has 0 radical (unpaired) electrons. The molecular weight excluding hydrogens is 204 g/mol. The topological polar surface area (TPSA) is 51.0 Å². The normalized spacial score (nSPS) is 11.8. The Morgan fingerprint density at radius 1 is 1.25 bits per heavy atom. The van der Waals surface area contributed by atoms with E-state index in [-0.39, 0.29) is 0 Å². The molecule has 0 aliphatic carbocycles. The number of hydrogen-bond acceptors (Lipinski definition) is 3. The third kappa shape index (κ3) is 4.21. The van der Waals surface area contributed by atoms with E-state index in [1.807, 2.05) is 25.1 Å². The lowest BCUT2D eigenvalue weighted by Gasteiger charge is -2.16. The monoisotopic (exact) mass is 220 g/mol. The van der Waals surface area contributed by atoms with Crippen LogP contribution in [0.2, 0.25) is 0 Å². The third-order valence-corrected chi connectivity index (χ3v) is 1.75. The van der Waals surface area contributed by atoms with Crippen LogP contribution < -0.4 is 0 Å². The molecule has 0 aliphatic rings. The Bertz CT molecular complexity index is 406. The van der Waals surface area contributed by atoms with Crippen LogP contribution in [-0.4, -0.2) is 11.7 Å². The highest BCUT2D eigenvalue weighted by Crippen LogP contribution is 2.18. The van der Waals surface area contributed by atoms with E-state index in [9.17, 15) is 4.79 Å². The molecule has 4 nitrogen and oxygen atoms in total. The van der Waals surface area contributed by atoms with Crippen LogP contribution in [0.1, 0.15) is 26.3 Å². The van der Waals surface area contributed by atoms with Gasteiger partial charge in [0.05, 0.1) is 5.69 Å². The van der Waals surface area contributed by atoms with Crippen LogP contribution in [0, 0.1) is 6.92 Å². The molecule has 4 heteroatoms. The first-order valence-corrected chi connectivity index (χ1v) is 5.09. The van der Waals surface area contributed by atoms with Crippen molar-refractivity contribution in [2.24, 2.45) is 10.2 Å². The predicted molar refractivity (Wildman–Crippen MR) is 61.9 cm³/mol. The van der Waals surface area contributed by atoms with E-state index in [2.05, 4.69) is 10.2 Å². The molecule has 0 saturated carbocycles. The number of rotatable bonds is 1. The molecule has 1 rings (SSSR count). The molecule has 0 spiro atoms. The highest BCUT2D eigenvalue weighted by molar-refractivity contribution is 5.68. The minimum absolute atomic E-state index is 0.540. The van der Waals surface area contributed by atoms with Crippen LogP contribution in [0.25, 0.3) is 0 Å². The Morgan fingerprint density at radius 3 is 2.44 bits per heavy atom. The maximum Gasteiger partial charge on any atom is 0.452 e. The number of benzene rings is 1. The van der Waals surface area contributed by atoms with Crippen LogP contribution in [0.4, 0.5) is 10.5 Å². The minimum Gasteiger partial charge on any atom is -0.441 e. The Balaban J connectivity index is 2.68. The molecule has 16 heavy (non-hydrogen) atoms. The standard InChI is InChI=1S/C12H16N2O2/c1-9-7-5-6-8-10(9)13-14-11(15)16-12(2,3)4/h5-8H,1-4H3. The van der Waals surface area contributed by atoms with Crippen molar-refractivity contribution in [2.75, 3.05) is 0 Å². The first kappa shape index (κ1) is 12.4. The summed E-state index contributed by atoms with van der Waals surface area (Å²) in [7, 11) is 0.